The minimum absolute atomic E-state index is 0.0934. The van der Waals surface area contributed by atoms with Crippen molar-refractivity contribution < 1.29 is 19.0 Å². The summed E-state index contributed by atoms with van der Waals surface area (Å²) in [4.78, 5) is 42.9. The number of hydrogen-bond donors (Lipinski definition) is 1. The Morgan fingerprint density at radius 3 is 2.72 bits per heavy atom. The maximum absolute atomic E-state index is 13.9. The van der Waals surface area contributed by atoms with E-state index in [1.807, 2.05) is 11.8 Å². The molecule has 1 N–H and O–H groups in total. The molecule has 0 bridgehead atoms. The summed E-state index contributed by atoms with van der Waals surface area (Å²) in [5.74, 6) is 0.297. The number of aromatic carboxylic acids is 1. The Kier molecular flexibility index (Phi) is 8.86. The number of carboxylic acid groups (broad SMARTS) is 1. The number of aromatic nitrogens is 4. The molecule has 0 spiro atoms. The number of carbonyl (C=O) groups is 1. The molecule has 1 saturated heterocycles. The van der Waals surface area contributed by atoms with Crippen molar-refractivity contribution in [3.8, 4) is 22.9 Å². The number of carboxylic acids is 1. The maximum atomic E-state index is 13.9. The minimum atomic E-state index is -1.06. The summed E-state index contributed by atoms with van der Waals surface area (Å²) >= 11 is 7.63. The lowest BCUT2D eigenvalue weighted by Crippen LogP contribution is -2.50. The number of thiophene rings is 1. The summed E-state index contributed by atoms with van der Waals surface area (Å²) < 4.78 is 21.5. The number of halogens is 2. The van der Waals surface area contributed by atoms with Gasteiger partial charge in [0.2, 0.25) is 0 Å². The average molecular weight is 662 g/mol. The standard InChI is InChI=1S/C32H29ClFN7O4S/c1-18(14-34)39-7-9-40(10-8-39)30-23(15-35)27-25(16-37-30)38-19(2)41(31(27)42)11-12-45-26-4-3-20(33)13-22(26)21-5-6-36-28-24(32(43)44)17-46-29(21)28/h3-6,13,16-18H,7-12,14H2,1-2H3,(H,43,44). The van der Waals surface area contributed by atoms with Gasteiger partial charge in [-0.25, -0.2) is 19.2 Å². The normalized spacial score (nSPS) is 14.5. The fraction of sp³-hybridized carbons (Fsp3) is 0.312. The third kappa shape index (κ3) is 5.75. The molecular weight excluding hydrogens is 633 g/mol. The van der Waals surface area contributed by atoms with Crippen LogP contribution in [0.5, 0.6) is 5.75 Å². The number of ether oxygens (including phenoxy) is 1. The number of piperazine rings is 1. The van der Waals surface area contributed by atoms with E-state index in [1.165, 1.54) is 22.1 Å². The number of aryl methyl sites for hydroxylation is 1. The molecule has 0 aliphatic carbocycles. The van der Waals surface area contributed by atoms with Crippen molar-refractivity contribution in [1.82, 2.24) is 24.4 Å². The molecule has 14 heteroatoms. The lowest BCUT2D eigenvalue weighted by molar-refractivity contribution is 0.0699. The summed E-state index contributed by atoms with van der Waals surface area (Å²) in [7, 11) is 0. The van der Waals surface area contributed by atoms with Gasteiger partial charge in [-0.2, -0.15) is 5.26 Å². The number of hydrogen-bond acceptors (Lipinski definition) is 10. The van der Waals surface area contributed by atoms with E-state index in [0.29, 0.717) is 69.9 Å². The quantitative estimate of drug-likeness (QED) is 0.226. The zero-order chi connectivity index (χ0) is 32.5. The SMILES string of the molecule is Cc1nc2cnc(N3CCN(C(C)CF)CC3)c(C#N)c2c(=O)n1CCOc1ccc(Cl)cc1-c1ccnc2c(C(=O)O)csc12. The van der Waals surface area contributed by atoms with Crippen molar-refractivity contribution in [2.24, 2.45) is 0 Å². The molecule has 5 aromatic rings. The van der Waals surface area contributed by atoms with E-state index >= 15 is 0 Å². The van der Waals surface area contributed by atoms with E-state index in [4.69, 9.17) is 16.3 Å². The highest BCUT2D eigenvalue weighted by Gasteiger charge is 2.26. The summed E-state index contributed by atoms with van der Waals surface area (Å²) in [6, 6.07) is 8.95. The summed E-state index contributed by atoms with van der Waals surface area (Å²) in [6.45, 7) is 5.71. The number of pyridine rings is 2. The van der Waals surface area contributed by atoms with Crippen LogP contribution in [0.2, 0.25) is 5.02 Å². The van der Waals surface area contributed by atoms with Gasteiger partial charge in [-0.05, 0) is 38.1 Å². The zero-order valence-corrected chi connectivity index (χ0v) is 26.6. The molecule has 11 nitrogen and oxygen atoms in total. The van der Waals surface area contributed by atoms with Gasteiger partial charge in [0.15, 0.2) is 0 Å². The van der Waals surface area contributed by atoms with Crippen LogP contribution in [0.3, 0.4) is 0 Å². The first-order chi connectivity index (χ1) is 22.2. The molecule has 1 atom stereocenters. The van der Waals surface area contributed by atoms with Gasteiger partial charge in [0, 0.05) is 59.9 Å². The number of fused-ring (bicyclic) bond motifs is 2. The molecule has 0 radical (unpaired) electrons. The zero-order valence-electron chi connectivity index (χ0n) is 25.0. The Balaban J connectivity index is 1.28. The predicted octanol–water partition coefficient (Wildman–Crippen LogP) is 5.16. The first kappa shape index (κ1) is 31.3. The third-order valence-electron chi connectivity index (χ3n) is 8.23. The number of anilines is 1. The lowest BCUT2D eigenvalue weighted by atomic mass is 10.0. The van der Waals surface area contributed by atoms with Gasteiger partial charge in [-0.15, -0.1) is 11.3 Å². The Hall–Kier alpha value is -4.64. The maximum Gasteiger partial charge on any atom is 0.338 e. The molecule has 1 fully saturated rings. The molecule has 0 saturated carbocycles. The van der Waals surface area contributed by atoms with Crippen LogP contribution in [0.4, 0.5) is 10.2 Å². The molecule has 6 rings (SSSR count). The molecule has 4 aromatic heterocycles. The number of benzene rings is 1. The fourth-order valence-electron chi connectivity index (χ4n) is 5.77. The van der Waals surface area contributed by atoms with Crippen LogP contribution in [0.25, 0.3) is 32.2 Å². The fourth-order valence-corrected chi connectivity index (χ4v) is 6.97. The highest BCUT2D eigenvalue weighted by molar-refractivity contribution is 7.18. The number of nitriles is 1. The van der Waals surface area contributed by atoms with Crippen LogP contribution in [-0.2, 0) is 6.54 Å². The second-order valence-corrected chi connectivity index (χ2v) is 12.3. The molecule has 1 unspecified atom stereocenters. The van der Waals surface area contributed by atoms with Crippen molar-refractivity contribution in [2.75, 3.05) is 44.4 Å². The Labute approximate surface area is 272 Å². The van der Waals surface area contributed by atoms with Gasteiger partial charge in [-0.3, -0.25) is 19.2 Å². The van der Waals surface area contributed by atoms with Crippen molar-refractivity contribution >= 4 is 55.8 Å². The summed E-state index contributed by atoms with van der Waals surface area (Å²) in [6.07, 6.45) is 3.07. The van der Waals surface area contributed by atoms with Gasteiger partial charge in [0.25, 0.3) is 5.56 Å². The van der Waals surface area contributed by atoms with Crippen LogP contribution < -0.4 is 15.2 Å². The first-order valence-corrected chi connectivity index (χ1v) is 15.8. The van der Waals surface area contributed by atoms with Crippen molar-refractivity contribution in [1.29, 1.82) is 5.26 Å². The van der Waals surface area contributed by atoms with Crippen LogP contribution >= 0.6 is 22.9 Å². The molecule has 5 heterocycles. The van der Waals surface area contributed by atoms with E-state index in [9.17, 15) is 24.3 Å². The van der Waals surface area contributed by atoms with Gasteiger partial charge < -0.3 is 14.7 Å². The number of alkyl halides is 1. The topological polar surface area (TPSA) is 137 Å². The van der Waals surface area contributed by atoms with Crippen molar-refractivity contribution in [2.45, 2.75) is 26.4 Å². The largest absolute Gasteiger partial charge is 0.491 e. The van der Waals surface area contributed by atoms with Crippen molar-refractivity contribution in [3.05, 3.63) is 74.4 Å². The Bertz CT molecular complexity index is 2070. The first-order valence-electron chi connectivity index (χ1n) is 14.6. The van der Waals surface area contributed by atoms with E-state index in [0.717, 1.165) is 5.56 Å². The number of rotatable bonds is 9. The molecular formula is C32H29ClFN7O4S. The Morgan fingerprint density at radius 2 is 2.00 bits per heavy atom. The Morgan fingerprint density at radius 1 is 1.22 bits per heavy atom. The predicted molar refractivity (Wildman–Crippen MR) is 175 cm³/mol. The monoisotopic (exact) mass is 661 g/mol. The second-order valence-electron chi connectivity index (χ2n) is 11.0. The lowest BCUT2D eigenvalue weighted by Gasteiger charge is -2.38. The molecule has 1 aliphatic rings. The van der Waals surface area contributed by atoms with Gasteiger partial charge in [-0.1, -0.05) is 11.6 Å². The smallest absolute Gasteiger partial charge is 0.338 e. The summed E-state index contributed by atoms with van der Waals surface area (Å²) in [5, 5.41) is 22.0. The second kappa shape index (κ2) is 13.0. The van der Waals surface area contributed by atoms with Crippen LogP contribution in [0, 0.1) is 18.3 Å². The van der Waals surface area contributed by atoms with Crippen molar-refractivity contribution in [3.63, 3.8) is 0 Å². The molecule has 1 aliphatic heterocycles. The molecule has 46 heavy (non-hydrogen) atoms. The van der Waals surface area contributed by atoms with Gasteiger partial charge in [0.1, 0.15) is 42.3 Å². The van der Waals surface area contributed by atoms with E-state index in [2.05, 4.69) is 25.9 Å². The van der Waals surface area contributed by atoms with E-state index < -0.39 is 12.6 Å². The molecule has 1 aromatic carbocycles. The van der Waals surface area contributed by atoms with Crippen LogP contribution in [0.15, 0.2) is 46.8 Å². The van der Waals surface area contributed by atoms with Gasteiger partial charge in [0.05, 0.1) is 39.4 Å². The van der Waals surface area contributed by atoms with Gasteiger partial charge >= 0.3 is 5.97 Å². The van der Waals surface area contributed by atoms with E-state index in [-0.39, 0.29) is 41.3 Å². The number of nitrogens with zero attached hydrogens (tertiary/aromatic N) is 7. The van der Waals surface area contributed by atoms with E-state index in [1.54, 1.807) is 42.8 Å². The van der Waals surface area contributed by atoms with Crippen LogP contribution in [0.1, 0.15) is 28.7 Å². The van der Waals surface area contributed by atoms with Crippen LogP contribution in [-0.4, -0.2) is 81.0 Å². The molecule has 0 amide bonds. The third-order valence-corrected chi connectivity index (χ3v) is 9.47. The highest BCUT2D eigenvalue weighted by atomic mass is 35.5. The average Bonchev–Trinajstić information content (AvgIpc) is 3.51. The molecule has 236 valence electrons. The minimum Gasteiger partial charge on any atom is -0.491 e. The highest BCUT2D eigenvalue weighted by Crippen LogP contribution is 2.39. The summed E-state index contributed by atoms with van der Waals surface area (Å²) in [5.41, 5.74) is 2.00.